The van der Waals surface area contributed by atoms with Crippen LogP contribution in [-0.4, -0.2) is 82.0 Å². The predicted molar refractivity (Wildman–Crippen MR) is 143 cm³/mol. The third-order valence-corrected chi connectivity index (χ3v) is 8.23. The number of sulfonamides is 1. The first kappa shape index (κ1) is 30.6. The monoisotopic (exact) mass is 611 g/mol. The van der Waals surface area contributed by atoms with E-state index in [1.54, 1.807) is 29.2 Å². The molecule has 1 N–H and O–H groups in total. The summed E-state index contributed by atoms with van der Waals surface area (Å²) in [5.41, 5.74) is 0.747. The Hall–Kier alpha value is -4.31. The van der Waals surface area contributed by atoms with E-state index in [2.05, 4.69) is 20.0 Å². The number of rotatable bonds is 10. The van der Waals surface area contributed by atoms with Crippen molar-refractivity contribution in [3.8, 4) is 23.4 Å². The smallest absolute Gasteiger partial charge is 0.497 e. The Bertz CT molecular complexity index is 1470. The van der Waals surface area contributed by atoms with E-state index >= 15 is 0 Å². The van der Waals surface area contributed by atoms with Gasteiger partial charge in [-0.1, -0.05) is 12.1 Å². The molecule has 4 rings (SSSR count). The van der Waals surface area contributed by atoms with Gasteiger partial charge in [-0.05, 0) is 42.0 Å². The second-order valence-electron chi connectivity index (χ2n) is 8.92. The fourth-order valence-electron chi connectivity index (χ4n) is 4.22. The number of hydrogen-bond donors (Lipinski definition) is 1. The number of aromatic nitrogens is 2. The van der Waals surface area contributed by atoms with Gasteiger partial charge in [0.2, 0.25) is 21.8 Å². The maximum Gasteiger partial charge on any atom is 0.573 e. The van der Waals surface area contributed by atoms with Crippen molar-refractivity contribution in [2.45, 2.75) is 23.8 Å². The second-order valence-corrected chi connectivity index (χ2v) is 10.8. The number of nitrogens with zero attached hydrogens (tertiary/aromatic N) is 4. The molecule has 1 atom stereocenters. The van der Waals surface area contributed by atoms with Gasteiger partial charge >= 0.3 is 12.4 Å². The third kappa shape index (κ3) is 7.30. The van der Waals surface area contributed by atoms with Crippen LogP contribution in [0.25, 0.3) is 0 Å². The van der Waals surface area contributed by atoms with Crippen LogP contribution >= 0.6 is 0 Å². The van der Waals surface area contributed by atoms with Crippen LogP contribution in [0.15, 0.2) is 59.5 Å². The van der Waals surface area contributed by atoms with Gasteiger partial charge in [-0.15, -0.1) is 13.2 Å². The van der Waals surface area contributed by atoms with E-state index < -0.39 is 34.1 Å². The molecule has 1 aliphatic rings. The lowest BCUT2D eigenvalue weighted by molar-refractivity contribution is -0.274. The highest BCUT2D eigenvalue weighted by atomic mass is 32.2. The van der Waals surface area contributed by atoms with Crippen molar-refractivity contribution < 1.29 is 45.3 Å². The molecule has 1 fully saturated rings. The SMILES string of the molecule is COc1ccc(CNC(=O)[C@H]2CN(c3cc(OC)nc(OC)n3)CCN2S(=O)(=O)c2ccc(OC(F)(F)F)cc2)cc1. The van der Waals surface area contributed by atoms with Gasteiger partial charge in [0, 0.05) is 32.2 Å². The molecule has 1 aromatic heterocycles. The second kappa shape index (κ2) is 12.7. The molecule has 226 valence electrons. The summed E-state index contributed by atoms with van der Waals surface area (Å²) in [4.78, 5) is 23.3. The van der Waals surface area contributed by atoms with Crippen LogP contribution in [0.2, 0.25) is 0 Å². The van der Waals surface area contributed by atoms with Crippen LogP contribution in [0, 0.1) is 0 Å². The number of hydrogen-bond acceptors (Lipinski definition) is 10. The molecule has 0 spiro atoms. The molecule has 1 amide bonds. The molecule has 2 heterocycles. The summed E-state index contributed by atoms with van der Waals surface area (Å²) in [6.07, 6.45) is -4.93. The molecule has 2 aromatic carbocycles. The lowest BCUT2D eigenvalue weighted by Gasteiger charge is -2.40. The van der Waals surface area contributed by atoms with Gasteiger partial charge in [-0.25, -0.2) is 8.42 Å². The molecule has 0 aliphatic carbocycles. The molecule has 12 nitrogen and oxygen atoms in total. The Morgan fingerprint density at radius 2 is 1.62 bits per heavy atom. The number of amides is 1. The minimum Gasteiger partial charge on any atom is -0.497 e. The molecule has 1 saturated heterocycles. The number of piperazine rings is 1. The normalized spacial score (nSPS) is 16.0. The van der Waals surface area contributed by atoms with Crippen molar-refractivity contribution in [1.29, 1.82) is 0 Å². The lowest BCUT2D eigenvalue weighted by atomic mass is 10.1. The lowest BCUT2D eigenvalue weighted by Crippen LogP contribution is -2.60. The molecule has 0 radical (unpaired) electrons. The number of nitrogens with one attached hydrogen (secondary N) is 1. The van der Waals surface area contributed by atoms with E-state index in [0.29, 0.717) is 11.6 Å². The molecule has 3 aromatic rings. The van der Waals surface area contributed by atoms with Crippen molar-refractivity contribution in [3.63, 3.8) is 0 Å². The van der Waals surface area contributed by atoms with E-state index in [1.807, 2.05) is 0 Å². The standard InChI is InChI=1S/C26H28F3N5O7S/c1-38-18-6-4-17(5-7-18)15-30-24(35)21-16-33(22-14-23(39-2)32-25(31-22)40-3)12-13-34(21)42(36,37)20-10-8-19(9-11-20)41-26(27,28)29/h4-11,14,21H,12-13,15-16H2,1-3H3,(H,30,35)/t21-/m1/s1. The first-order valence-electron chi connectivity index (χ1n) is 12.4. The largest absolute Gasteiger partial charge is 0.573 e. The van der Waals surface area contributed by atoms with E-state index in [0.717, 1.165) is 34.1 Å². The molecular weight excluding hydrogens is 583 g/mol. The summed E-state index contributed by atoms with van der Waals surface area (Å²) in [5.74, 6) is 0.00868. The molecule has 1 aliphatic heterocycles. The number of carbonyl (C=O) groups is 1. The van der Waals surface area contributed by atoms with Crippen LogP contribution in [0.1, 0.15) is 5.56 Å². The van der Waals surface area contributed by atoms with E-state index in [4.69, 9.17) is 14.2 Å². The van der Waals surface area contributed by atoms with Crippen molar-refractivity contribution >= 4 is 21.7 Å². The zero-order valence-corrected chi connectivity index (χ0v) is 23.6. The average molecular weight is 612 g/mol. The van der Waals surface area contributed by atoms with Crippen molar-refractivity contribution in [2.24, 2.45) is 0 Å². The van der Waals surface area contributed by atoms with E-state index in [-0.39, 0.29) is 43.0 Å². The minimum absolute atomic E-state index is 0.0149. The molecule has 0 unspecified atom stereocenters. The highest BCUT2D eigenvalue weighted by Crippen LogP contribution is 2.29. The number of anilines is 1. The van der Waals surface area contributed by atoms with Gasteiger partial charge in [-0.3, -0.25) is 4.79 Å². The first-order valence-corrected chi connectivity index (χ1v) is 13.9. The maximum absolute atomic E-state index is 13.7. The Balaban J connectivity index is 1.62. The van der Waals surface area contributed by atoms with Gasteiger partial charge in [0.05, 0.1) is 26.2 Å². The van der Waals surface area contributed by atoms with Gasteiger partial charge < -0.3 is 29.2 Å². The summed E-state index contributed by atoms with van der Waals surface area (Å²) < 4.78 is 85.4. The van der Waals surface area contributed by atoms with Crippen molar-refractivity contribution in [1.82, 2.24) is 19.6 Å². The van der Waals surface area contributed by atoms with E-state index in [9.17, 15) is 26.4 Å². The van der Waals surface area contributed by atoms with Crippen LogP contribution < -0.4 is 29.2 Å². The number of benzene rings is 2. The van der Waals surface area contributed by atoms with Gasteiger partial charge in [0.25, 0.3) is 0 Å². The molecule has 42 heavy (non-hydrogen) atoms. The number of ether oxygens (including phenoxy) is 4. The zero-order valence-electron chi connectivity index (χ0n) is 22.8. The summed E-state index contributed by atoms with van der Waals surface area (Å²) in [6, 6.07) is 11.1. The quantitative estimate of drug-likeness (QED) is 0.365. The molecule has 0 saturated carbocycles. The predicted octanol–water partition coefficient (Wildman–Crippen LogP) is 2.60. The Kier molecular flexibility index (Phi) is 9.26. The zero-order chi connectivity index (χ0) is 30.5. The average Bonchev–Trinajstić information content (AvgIpc) is 2.98. The highest BCUT2D eigenvalue weighted by molar-refractivity contribution is 7.89. The summed E-state index contributed by atoms with van der Waals surface area (Å²) in [6.45, 7) is -0.0173. The van der Waals surface area contributed by atoms with Crippen LogP contribution in [0.4, 0.5) is 19.0 Å². The van der Waals surface area contributed by atoms with E-state index in [1.165, 1.54) is 27.4 Å². The number of halogens is 3. The highest BCUT2D eigenvalue weighted by Gasteiger charge is 2.41. The Labute approximate surface area is 240 Å². The third-order valence-electron chi connectivity index (χ3n) is 6.31. The first-order chi connectivity index (χ1) is 19.9. The van der Waals surface area contributed by atoms with Gasteiger partial charge in [0.1, 0.15) is 23.4 Å². The summed E-state index contributed by atoms with van der Waals surface area (Å²) in [7, 11) is -0.00973. The number of alkyl halides is 3. The van der Waals surface area contributed by atoms with Gasteiger partial charge in [0.15, 0.2) is 0 Å². The van der Waals surface area contributed by atoms with Crippen LogP contribution in [0.5, 0.6) is 23.4 Å². The Morgan fingerprint density at radius 1 is 0.952 bits per heavy atom. The van der Waals surface area contributed by atoms with Crippen molar-refractivity contribution in [2.75, 3.05) is 45.9 Å². The van der Waals surface area contributed by atoms with Crippen LogP contribution in [0.3, 0.4) is 0 Å². The molecule has 0 bridgehead atoms. The molecular formula is C26H28F3N5O7S. The fraction of sp³-hybridized carbons (Fsp3) is 0.346. The fourth-order valence-corrected chi connectivity index (χ4v) is 5.80. The van der Waals surface area contributed by atoms with Gasteiger partial charge in [-0.2, -0.15) is 14.3 Å². The molecule has 16 heteroatoms. The van der Waals surface area contributed by atoms with Crippen LogP contribution in [-0.2, 0) is 21.4 Å². The summed E-state index contributed by atoms with van der Waals surface area (Å²) >= 11 is 0. The Morgan fingerprint density at radius 3 is 2.21 bits per heavy atom. The number of carbonyl (C=O) groups excluding carboxylic acids is 1. The number of methoxy groups -OCH3 is 3. The topological polar surface area (TPSA) is 132 Å². The maximum atomic E-state index is 13.7. The van der Waals surface area contributed by atoms with Crippen molar-refractivity contribution in [3.05, 3.63) is 60.2 Å². The summed E-state index contributed by atoms with van der Waals surface area (Å²) in [5, 5.41) is 2.77. The minimum atomic E-state index is -4.93.